The molecule has 7 heteroatoms. The molecule has 0 unspecified atom stereocenters. The van der Waals surface area contributed by atoms with Crippen molar-refractivity contribution in [2.75, 3.05) is 20.1 Å². The van der Waals surface area contributed by atoms with Crippen LogP contribution in [0, 0.1) is 11.3 Å². The van der Waals surface area contributed by atoms with Gasteiger partial charge in [-0.2, -0.15) is 9.98 Å². The van der Waals surface area contributed by atoms with Gasteiger partial charge in [0.2, 0.25) is 0 Å². The molecular weight excluding hydrogens is 270 g/mol. The SMILES string of the molecule is CN1CCC(C#N)(NS(=O)(=O)c2cccs2)CC1. The van der Waals surface area contributed by atoms with Gasteiger partial charge in [0.15, 0.2) is 0 Å². The molecular formula is C11H15N3O2S2. The van der Waals surface area contributed by atoms with Crippen molar-refractivity contribution in [3.8, 4) is 6.07 Å². The van der Waals surface area contributed by atoms with Crippen LogP contribution in [-0.2, 0) is 10.0 Å². The molecule has 98 valence electrons. The quantitative estimate of drug-likeness (QED) is 0.899. The Morgan fingerprint density at radius 2 is 2.17 bits per heavy atom. The summed E-state index contributed by atoms with van der Waals surface area (Å²) >= 11 is 1.16. The maximum Gasteiger partial charge on any atom is 0.251 e. The molecule has 0 bridgehead atoms. The second kappa shape index (κ2) is 4.97. The average molecular weight is 285 g/mol. The van der Waals surface area contributed by atoms with E-state index in [0.717, 1.165) is 24.4 Å². The zero-order chi connectivity index (χ0) is 13.2. The summed E-state index contributed by atoms with van der Waals surface area (Å²) in [7, 11) is -1.61. The zero-order valence-electron chi connectivity index (χ0n) is 10.1. The van der Waals surface area contributed by atoms with E-state index in [1.54, 1.807) is 17.5 Å². The third kappa shape index (κ3) is 2.72. The Balaban J connectivity index is 2.20. The third-order valence-corrected chi connectivity index (χ3v) is 6.08. The van der Waals surface area contributed by atoms with Crippen molar-refractivity contribution < 1.29 is 8.42 Å². The first kappa shape index (κ1) is 13.5. The lowest BCUT2D eigenvalue weighted by Crippen LogP contribution is -2.53. The van der Waals surface area contributed by atoms with E-state index in [2.05, 4.69) is 15.7 Å². The minimum Gasteiger partial charge on any atom is -0.306 e. The highest BCUT2D eigenvalue weighted by atomic mass is 32.2. The van der Waals surface area contributed by atoms with Crippen molar-refractivity contribution in [3.05, 3.63) is 17.5 Å². The number of nitrogens with zero attached hydrogens (tertiary/aromatic N) is 2. The summed E-state index contributed by atoms with van der Waals surface area (Å²) in [5.74, 6) is 0. The molecule has 1 saturated heterocycles. The fourth-order valence-electron chi connectivity index (χ4n) is 1.96. The van der Waals surface area contributed by atoms with Crippen LogP contribution in [0.3, 0.4) is 0 Å². The van der Waals surface area contributed by atoms with Gasteiger partial charge in [0.25, 0.3) is 10.0 Å². The minimum atomic E-state index is -3.58. The number of piperidine rings is 1. The molecule has 0 spiro atoms. The molecule has 1 fully saturated rings. The van der Waals surface area contributed by atoms with Crippen LogP contribution in [0.5, 0.6) is 0 Å². The van der Waals surface area contributed by atoms with Gasteiger partial charge in [-0.25, -0.2) is 8.42 Å². The molecule has 0 saturated carbocycles. The van der Waals surface area contributed by atoms with E-state index < -0.39 is 15.6 Å². The summed E-state index contributed by atoms with van der Waals surface area (Å²) in [6.45, 7) is 1.45. The number of hydrogen-bond acceptors (Lipinski definition) is 5. The van der Waals surface area contributed by atoms with Crippen molar-refractivity contribution in [2.24, 2.45) is 0 Å². The molecule has 18 heavy (non-hydrogen) atoms. The number of sulfonamides is 1. The summed E-state index contributed by atoms with van der Waals surface area (Å²) in [6.07, 6.45) is 1.04. The maximum absolute atomic E-state index is 12.1. The van der Waals surface area contributed by atoms with Gasteiger partial charge in [-0.3, -0.25) is 0 Å². The highest BCUT2D eigenvalue weighted by Gasteiger charge is 2.38. The molecule has 0 aliphatic carbocycles. The lowest BCUT2D eigenvalue weighted by Gasteiger charge is -2.35. The third-order valence-electron chi connectivity index (χ3n) is 3.14. The molecule has 1 aromatic heterocycles. The molecule has 0 atom stereocenters. The Labute approximate surface area is 111 Å². The fraction of sp³-hybridized carbons (Fsp3) is 0.545. The van der Waals surface area contributed by atoms with Crippen LogP contribution in [0.25, 0.3) is 0 Å². The van der Waals surface area contributed by atoms with E-state index >= 15 is 0 Å². The van der Waals surface area contributed by atoms with Crippen molar-refractivity contribution in [1.29, 1.82) is 5.26 Å². The largest absolute Gasteiger partial charge is 0.306 e. The van der Waals surface area contributed by atoms with Crippen LogP contribution in [0.2, 0.25) is 0 Å². The Morgan fingerprint density at radius 1 is 1.50 bits per heavy atom. The highest BCUT2D eigenvalue weighted by Crippen LogP contribution is 2.25. The fourth-order valence-corrected chi connectivity index (χ4v) is 4.33. The van der Waals surface area contributed by atoms with E-state index in [1.165, 1.54) is 0 Å². The van der Waals surface area contributed by atoms with Gasteiger partial charge < -0.3 is 4.90 Å². The number of thiophene rings is 1. The summed E-state index contributed by atoms with van der Waals surface area (Å²) in [5, 5.41) is 11.0. The van der Waals surface area contributed by atoms with Crippen LogP contribution in [0.1, 0.15) is 12.8 Å². The second-order valence-corrected chi connectivity index (χ2v) is 7.39. The van der Waals surface area contributed by atoms with Gasteiger partial charge in [-0.15, -0.1) is 11.3 Å². The van der Waals surface area contributed by atoms with Gasteiger partial charge in [0.1, 0.15) is 9.75 Å². The Bertz CT molecular complexity index is 537. The van der Waals surface area contributed by atoms with E-state index in [4.69, 9.17) is 0 Å². The first-order valence-electron chi connectivity index (χ1n) is 5.65. The lowest BCUT2D eigenvalue weighted by atomic mass is 9.91. The van der Waals surface area contributed by atoms with E-state index in [-0.39, 0.29) is 4.21 Å². The average Bonchev–Trinajstić information content (AvgIpc) is 2.87. The number of likely N-dealkylation sites (tertiary alicyclic amines) is 1. The molecule has 0 amide bonds. The van der Waals surface area contributed by atoms with Crippen LogP contribution in [-0.4, -0.2) is 39.0 Å². The molecule has 2 rings (SSSR count). The summed E-state index contributed by atoms with van der Waals surface area (Å²) in [6, 6.07) is 5.38. The summed E-state index contributed by atoms with van der Waals surface area (Å²) in [5.41, 5.74) is -0.963. The van der Waals surface area contributed by atoms with Crippen LogP contribution in [0.15, 0.2) is 21.7 Å². The Kier molecular flexibility index (Phi) is 3.73. The van der Waals surface area contributed by atoms with Crippen molar-refractivity contribution in [1.82, 2.24) is 9.62 Å². The number of nitrogens with one attached hydrogen (secondary N) is 1. The van der Waals surface area contributed by atoms with Crippen LogP contribution < -0.4 is 4.72 Å². The van der Waals surface area contributed by atoms with Gasteiger partial charge in [0, 0.05) is 13.1 Å². The summed E-state index contributed by atoms with van der Waals surface area (Å²) < 4.78 is 27.1. The molecule has 2 heterocycles. The van der Waals surface area contributed by atoms with E-state index in [0.29, 0.717) is 12.8 Å². The maximum atomic E-state index is 12.1. The Morgan fingerprint density at radius 3 is 2.67 bits per heavy atom. The first-order chi connectivity index (χ1) is 8.47. The lowest BCUT2D eigenvalue weighted by molar-refractivity contribution is 0.213. The summed E-state index contributed by atoms with van der Waals surface area (Å²) in [4.78, 5) is 2.09. The first-order valence-corrected chi connectivity index (χ1v) is 8.01. The number of hydrogen-bond donors (Lipinski definition) is 1. The zero-order valence-corrected chi connectivity index (χ0v) is 11.7. The molecule has 1 aliphatic heterocycles. The smallest absolute Gasteiger partial charge is 0.251 e. The topological polar surface area (TPSA) is 73.2 Å². The predicted octanol–water partition coefficient (Wildman–Crippen LogP) is 1.01. The van der Waals surface area contributed by atoms with Gasteiger partial charge in [-0.05, 0) is 31.3 Å². The van der Waals surface area contributed by atoms with E-state index in [9.17, 15) is 13.7 Å². The normalized spacial score (nSPS) is 20.4. The molecule has 0 aromatic carbocycles. The monoisotopic (exact) mass is 285 g/mol. The van der Waals surface area contributed by atoms with Gasteiger partial charge in [-0.1, -0.05) is 6.07 Å². The number of rotatable bonds is 3. The van der Waals surface area contributed by atoms with Gasteiger partial charge >= 0.3 is 0 Å². The standard InChI is InChI=1S/C11H15N3O2S2/c1-14-6-4-11(9-12,5-7-14)13-18(15,16)10-3-2-8-17-10/h2-3,8,13H,4-7H2,1H3. The van der Waals surface area contributed by atoms with Crippen molar-refractivity contribution in [3.63, 3.8) is 0 Å². The highest BCUT2D eigenvalue weighted by molar-refractivity contribution is 7.91. The van der Waals surface area contributed by atoms with Crippen molar-refractivity contribution in [2.45, 2.75) is 22.6 Å². The Hall–Kier alpha value is -0.940. The van der Waals surface area contributed by atoms with Gasteiger partial charge in [0.05, 0.1) is 6.07 Å². The molecule has 0 radical (unpaired) electrons. The molecule has 5 nitrogen and oxygen atoms in total. The molecule has 1 aromatic rings. The minimum absolute atomic E-state index is 0.260. The van der Waals surface area contributed by atoms with Crippen LogP contribution in [0.4, 0.5) is 0 Å². The second-order valence-electron chi connectivity index (χ2n) is 4.53. The molecule has 1 aliphatic rings. The van der Waals surface area contributed by atoms with E-state index in [1.807, 2.05) is 7.05 Å². The van der Waals surface area contributed by atoms with Crippen LogP contribution >= 0.6 is 11.3 Å². The number of nitriles is 1. The van der Waals surface area contributed by atoms with Crippen molar-refractivity contribution >= 4 is 21.4 Å². The molecule has 1 N–H and O–H groups in total. The predicted molar refractivity (Wildman–Crippen MR) is 69.7 cm³/mol.